The molecule has 6 nitrogen and oxygen atoms in total. The van der Waals surface area contributed by atoms with Crippen LogP contribution in [0.5, 0.6) is 11.5 Å². The van der Waals surface area contributed by atoms with Crippen molar-refractivity contribution < 1.29 is 19.1 Å². The quantitative estimate of drug-likeness (QED) is 0.669. The van der Waals surface area contributed by atoms with Gasteiger partial charge in [0.2, 0.25) is 11.8 Å². The van der Waals surface area contributed by atoms with Gasteiger partial charge in [-0.25, -0.2) is 0 Å². The summed E-state index contributed by atoms with van der Waals surface area (Å²) in [6, 6.07) is 13.5. The lowest BCUT2D eigenvalue weighted by Crippen LogP contribution is -2.24. The van der Waals surface area contributed by atoms with E-state index in [0.717, 1.165) is 36.3 Å². The second-order valence-electron chi connectivity index (χ2n) is 8.26. The molecule has 1 heterocycles. The molecular formula is C25H30N2O4. The monoisotopic (exact) mass is 422 g/mol. The van der Waals surface area contributed by atoms with Crippen LogP contribution in [0.2, 0.25) is 0 Å². The first-order valence-electron chi connectivity index (χ1n) is 11.2. The molecule has 6 heteroatoms. The Morgan fingerprint density at radius 3 is 2.71 bits per heavy atom. The van der Waals surface area contributed by atoms with E-state index in [4.69, 9.17) is 9.47 Å². The van der Waals surface area contributed by atoms with Crippen LogP contribution in [0.15, 0.2) is 42.5 Å². The van der Waals surface area contributed by atoms with E-state index in [2.05, 4.69) is 5.32 Å². The molecule has 1 saturated carbocycles. The molecule has 31 heavy (non-hydrogen) atoms. The predicted octanol–water partition coefficient (Wildman–Crippen LogP) is 4.71. The van der Waals surface area contributed by atoms with Crippen molar-refractivity contribution in [2.45, 2.75) is 57.5 Å². The number of amides is 2. The maximum Gasteiger partial charge on any atom is 0.227 e. The fourth-order valence-electron chi connectivity index (χ4n) is 4.34. The molecule has 2 aromatic carbocycles. The standard InChI is InChI=1S/C25H30N2O4/c1-30-23-17-19(12-13-22(23)27-15-5-10-25(27)29)26-24(28)14-11-18-6-4-9-21(16-18)31-20-7-2-3-8-20/h4,6,9,12-13,16-17,20H,2-3,5,7-8,10-11,14-15H2,1H3,(H,26,28). The Hall–Kier alpha value is -3.02. The largest absolute Gasteiger partial charge is 0.494 e. The van der Waals surface area contributed by atoms with Crippen LogP contribution in [0.25, 0.3) is 0 Å². The third-order valence-corrected chi connectivity index (χ3v) is 5.97. The molecule has 0 radical (unpaired) electrons. The molecule has 0 unspecified atom stereocenters. The van der Waals surface area contributed by atoms with Crippen molar-refractivity contribution >= 4 is 23.2 Å². The first kappa shape index (κ1) is 21.2. The van der Waals surface area contributed by atoms with Crippen LogP contribution in [0.1, 0.15) is 50.5 Å². The topological polar surface area (TPSA) is 67.9 Å². The van der Waals surface area contributed by atoms with E-state index in [1.165, 1.54) is 12.8 Å². The van der Waals surface area contributed by atoms with Gasteiger partial charge in [-0.05, 0) is 68.4 Å². The lowest BCUT2D eigenvalue weighted by Gasteiger charge is -2.19. The number of carbonyl (C=O) groups excluding carboxylic acids is 2. The zero-order valence-corrected chi connectivity index (χ0v) is 18.1. The van der Waals surface area contributed by atoms with Gasteiger partial charge < -0.3 is 19.7 Å². The Morgan fingerprint density at radius 1 is 1.13 bits per heavy atom. The van der Waals surface area contributed by atoms with E-state index in [1.54, 1.807) is 18.1 Å². The smallest absolute Gasteiger partial charge is 0.227 e. The highest BCUT2D eigenvalue weighted by Crippen LogP contribution is 2.34. The molecule has 0 atom stereocenters. The summed E-state index contributed by atoms with van der Waals surface area (Å²) in [7, 11) is 1.58. The summed E-state index contributed by atoms with van der Waals surface area (Å²) in [5.41, 5.74) is 2.50. The van der Waals surface area contributed by atoms with Crippen LogP contribution in [0.3, 0.4) is 0 Å². The molecule has 1 N–H and O–H groups in total. The lowest BCUT2D eigenvalue weighted by atomic mass is 10.1. The van der Waals surface area contributed by atoms with Gasteiger partial charge in [-0.2, -0.15) is 0 Å². The Morgan fingerprint density at radius 2 is 1.97 bits per heavy atom. The molecule has 0 spiro atoms. The molecule has 2 aliphatic rings. The zero-order chi connectivity index (χ0) is 21.6. The number of benzene rings is 2. The SMILES string of the molecule is COc1cc(NC(=O)CCc2cccc(OC3CCCC3)c2)ccc1N1CCCC1=O. The van der Waals surface area contributed by atoms with E-state index >= 15 is 0 Å². The number of aryl methyl sites for hydroxylation is 1. The normalized spacial score (nSPS) is 16.5. The van der Waals surface area contributed by atoms with Crippen molar-refractivity contribution in [2.75, 3.05) is 23.9 Å². The predicted molar refractivity (Wildman–Crippen MR) is 121 cm³/mol. The molecule has 1 aliphatic heterocycles. The Kier molecular flexibility index (Phi) is 6.75. The minimum Gasteiger partial charge on any atom is -0.494 e. The second kappa shape index (κ2) is 9.86. The van der Waals surface area contributed by atoms with Crippen LogP contribution in [0.4, 0.5) is 11.4 Å². The third kappa shape index (κ3) is 5.37. The molecule has 2 fully saturated rings. The van der Waals surface area contributed by atoms with Gasteiger partial charge in [0.1, 0.15) is 11.5 Å². The minimum atomic E-state index is -0.0610. The number of carbonyl (C=O) groups is 2. The lowest BCUT2D eigenvalue weighted by molar-refractivity contribution is -0.117. The van der Waals surface area contributed by atoms with Crippen LogP contribution in [-0.4, -0.2) is 31.6 Å². The number of nitrogens with one attached hydrogen (secondary N) is 1. The average molecular weight is 423 g/mol. The van der Waals surface area contributed by atoms with E-state index < -0.39 is 0 Å². The fraction of sp³-hybridized carbons (Fsp3) is 0.440. The van der Waals surface area contributed by atoms with Crippen LogP contribution < -0.4 is 19.7 Å². The van der Waals surface area contributed by atoms with Gasteiger partial charge in [-0.15, -0.1) is 0 Å². The van der Waals surface area contributed by atoms with Gasteiger partial charge in [0.15, 0.2) is 0 Å². The molecule has 2 aromatic rings. The number of methoxy groups -OCH3 is 1. The molecule has 1 saturated heterocycles. The van der Waals surface area contributed by atoms with Crippen molar-refractivity contribution in [3.63, 3.8) is 0 Å². The summed E-state index contributed by atoms with van der Waals surface area (Å²) in [6.45, 7) is 0.699. The summed E-state index contributed by atoms with van der Waals surface area (Å²) in [4.78, 5) is 26.3. The van der Waals surface area contributed by atoms with Gasteiger partial charge in [-0.1, -0.05) is 12.1 Å². The summed E-state index contributed by atoms with van der Waals surface area (Å²) in [5, 5.41) is 2.94. The molecule has 0 bridgehead atoms. The molecule has 1 aliphatic carbocycles. The number of anilines is 2. The van der Waals surface area contributed by atoms with Crippen LogP contribution >= 0.6 is 0 Å². The van der Waals surface area contributed by atoms with Crippen molar-refractivity contribution in [1.82, 2.24) is 0 Å². The minimum absolute atomic E-state index is 0.0610. The maximum atomic E-state index is 12.5. The van der Waals surface area contributed by atoms with E-state index in [9.17, 15) is 9.59 Å². The van der Waals surface area contributed by atoms with Crippen LogP contribution in [-0.2, 0) is 16.0 Å². The van der Waals surface area contributed by atoms with Crippen molar-refractivity contribution in [2.24, 2.45) is 0 Å². The first-order chi connectivity index (χ1) is 15.1. The van der Waals surface area contributed by atoms with E-state index in [1.807, 2.05) is 36.4 Å². The summed E-state index contributed by atoms with van der Waals surface area (Å²) in [6.07, 6.45) is 7.50. The number of hydrogen-bond acceptors (Lipinski definition) is 4. The third-order valence-electron chi connectivity index (χ3n) is 5.97. The van der Waals surface area contributed by atoms with Crippen molar-refractivity contribution in [1.29, 1.82) is 0 Å². The number of rotatable bonds is 8. The Bertz CT molecular complexity index is 937. The fourth-order valence-corrected chi connectivity index (χ4v) is 4.34. The Labute approximate surface area is 183 Å². The van der Waals surface area contributed by atoms with Gasteiger partial charge in [0.05, 0.1) is 18.9 Å². The molecule has 2 amide bonds. The summed E-state index contributed by atoms with van der Waals surface area (Å²) in [5.74, 6) is 1.52. The van der Waals surface area contributed by atoms with Gasteiger partial charge in [0, 0.05) is 31.1 Å². The van der Waals surface area contributed by atoms with Gasteiger partial charge in [0.25, 0.3) is 0 Å². The van der Waals surface area contributed by atoms with E-state index in [0.29, 0.717) is 43.3 Å². The van der Waals surface area contributed by atoms with Crippen molar-refractivity contribution in [3.8, 4) is 11.5 Å². The number of nitrogens with zero attached hydrogens (tertiary/aromatic N) is 1. The van der Waals surface area contributed by atoms with E-state index in [-0.39, 0.29) is 11.8 Å². The van der Waals surface area contributed by atoms with Gasteiger partial charge in [-0.3, -0.25) is 9.59 Å². The highest BCUT2D eigenvalue weighted by atomic mass is 16.5. The highest BCUT2D eigenvalue weighted by Gasteiger charge is 2.24. The molecule has 4 rings (SSSR count). The first-order valence-corrected chi connectivity index (χ1v) is 11.2. The van der Waals surface area contributed by atoms with Crippen molar-refractivity contribution in [3.05, 3.63) is 48.0 Å². The molecular weight excluding hydrogens is 392 g/mol. The summed E-state index contributed by atoms with van der Waals surface area (Å²) < 4.78 is 11.5. The second-order valence-corrected chi connectivity index (χ2v) is 8.26. The highest BCUT2D eigenvalue weighted by molar-refractivity contribution is 5.98. The van der Waals surface area contributed by atoms with Gasteiger partial charge >= 0.3 is 0 Å². The molecule has 0 aromatic heterocycles. The maximum absolute atomic E-state index is 12.5. The number of ether oxygens (including phenoxy) is 2. The Balaban J connectivity index is 1.33. The summed E-state index contributed by atoms with van der Waals surface area (Å²) >= 11 is 0. The average Bonchev–Trinajstić information content (AvgIpc) is 3.44. The molecule has 164 valence electrons. The van der Waals surface area contributed by atoms with Crippen LogP contribution in [0, 0.1) is 0 Å². The number of hydrogen-bond donors (Lipinski definition) is 1. The zero-order valence-electron chi connectivity index (χ0n) is 18.1.